The van der Waals surface area contributed by atoms with Crippen molar-refractivity contribution in [2.75, 3.05) is 26.7 Å². The number of hydrogen-bond acceptors (Lipinski definition) is 3. The Hall–Kier alpha value is -1.60. The lowest BCUT2D eigenvalue weighted by Gasteiger charge is -2.28. The molecule has 4 nitrogen and oxygen atoms in total. The Morgan fingerprint density at radius 3 is 2.48 bits per heavy atom. The van der Waals surface area contributed by atoms with Crippen LogP contribution in [-0.4, -0.2) is 48.2 Å². The number of aliphatic hydroxyl groups is 1. The molecule has 1 heterocycles. The van der Waals surface area contributed by atoms with E-state index in [0.29, 0.717) is 19.5 Å². The van der Waals surface area contributed by atoms with Gasteiger partial charge in [0.1, 0.15) is 0 Å². The molecular formula is C14H17F3N2O2. The molecule has 116 valence electrons. The second-order valence-corrected chi connectivity index (χ2v) is 5.39. The van der Waals surface area contributed by atoms with E-state index in [1.807, 2.05) is 0 Å². The molecule has 2 N–H and O–H groups in total. The fourth-order valence-corrected chi connectivity index (χ4v) is 2.40. The van der Waals surface area contributed by atoms with Crippen LogP contribution in [-0.2, 0) is 6.18 Å². The molecule has 1 aliphatic heterocycles. The molecule has 1 saturated heterocycles. The fourth-order valence-electron chi connectivity index (χ4n) is 2.40. The van der Waals surface area contributed by atoms with Crippen LogP contribution in [0.4, 0.5) is 13.2 Å². The van der Waals surface area contributed by atoms with Gasteiger partial charge in [-0.05, 0) is 37.2 Å². The summed E-state index contributed by atoms with van der Waals surface area (Å²) in [5.41, 5.74) is -1.60. The predicted octanol–water partition coefficient (Wildman–Crippen LogP) is 1.50. The molecule has 0 spiro atoms. The molecule has 1 aromatic rings. The molecule has 0 bridgehead atoms. The average molecular weight is 302 g/mol. The van der Waals surface area contributed by atoms with Crippen LogP contribution in [0.15, 0.2) is 24.3 Å². The second-order valence-electron chi connectivity index (χ2n) is 5.39. The third-order valence-electron chi connectivity index (χ3n) is 3.56. The number of carbonyl (C=O) groups excluding carboxylic acids is 1. The summed E-state index contributed by atoms with van der Waals surface area (Å²) in [5, 5.41) is 13.2. The van der Waals surface area contributed by atoms with E-state index in [-0.39, 0.29) is 12.1 Å². The molecule has 0 aromatic heterocycles. The van der Waals surface area contributed by atoms with Crippen molar-refractivity contribution in [3.63, 3.8) is 0 Å². The van der Waals surface area contributed by atoms with Crippen molar-refractivity contribution in [1.29, 1.82) is 0 Å². The van der Waals surface area contributed by atoms with Gasteiger partial charge in [-0.1, -0.05) is 0 Å². The molecule has 1 amide bonds. The van der Waals surface area contributed by atoms with E-state index < -0.39 is 23.2 Å². The van der Waals surface area contributed by atoms with Gasteiger partial charge in [-0.15, -0.1) is 0 Å². The van der Waals surface area contributed by atoms with Crippen LogP contribution in [0.5, 0.6) is 0 Å². The van der Waals surface area contributed by atoms with E-state index in [0.717, 1.165) is 24.3 Å². The minimum Gasteiger partial charge on any atom is -0.387 e. The number of benzene rings is 1. The average Bonchev–Trinajstić information content (AvgIpc) is 2.83. The number of nitrogens with zero attached hydrogens (tertiary/aromatic N) is 1. The lowest BCUT2D eigenvalue weighted by Crippen LogP contribution is -2.45. The number of nitrogens with one attached hydrogen (secondary N) is 1. The Balaban J connectivity index is 2.05. The van der Waals surface area contributed by atoms with Gasteiger partial charge >= 0.3 is 6.18 Å². The highest BCUT2D eigenvalue weighted by Gasteiger charge is 2.34. The maximum Gasteiger partial charge on any atom is 0.416 e. The number of amides is 1. The molecule has 1 fully saturated rings. The van der Waals surface area contributed by atoms with Crippen LogP contribution in [0, 0.1) is 0 Å². The first kappa shape index (κ1) is 15.8. The molecule has 7 heteroatoms. The zero-order chi connectivity index (χ0) is 15.7. The smallest absolute Gasteiger partial charge is 0.387 e. The predicted molar refractivity (Wildman–Crippen MR) is 70.8 cm³/mol. The van der Waals surface area contributed by atoms with Crippen molar-refractivity contribution in [2.24, 2.45) is 0 Å². The van der Waals surface area contributed by atoms with Crippen molar-refractivity contribution in [3.05, 3.63) is 35.4 Å². The van der Waals surface area contributed by atoms with Gasteiger partial charge in [-0.25, -0.2) is 0 Å². The van der Waals surface area contributed by atoms with E-state index in [4.69, 9.17) is 0 Å². The van der Waals surface area contributed by atoms with Crippen molar-refractivity contribution < 1.29 is 23.1 Å². The largest absolute Gasteiger partial charge is 0.416 e. The topological polar surface area (TPSA) is 52.6 Å². The van der Waals surface area contributed by atoms with Crippen molar-refractivity contribution in [3.8, 4) is 0 Å². The summed E-state index contributed by atoms with van der Waals surface area (Å²) in [6.07, 6.45) is -3.88. The Kier molecular flexibility index (Phi) is 4.25. The number of hydrogen-bond donors (Lipinski definition) is 2. The van der Waals surface area contributed by atoms with Gasteiger partial charge in [0.15, 0.2) is 0 Å². The molecule has 1 unspecified atom stereocenters. The lowest BCUT2D eigenvalue weighted by molar-refractivity contribution is -0.137. The first-order valence-corrected chi connectivity index (χ1v) is 6.57. The SMILES string of the molecule is CN(CC1(O)CCNC1)C(=O)c1ccc(C(F)(F)F)cc1. The highest BCUT2D eigenvalue weighted by molar-refractivity contribution is 5.94. The van der Waals surface area contributed by atoms with Gasteiger partial charge in [-0.2, -0.15) is 13.2 Å². The summed E-state index contributed by atoms with van der Waals surface area (Å²) in [4.78, 5) is 13.5. The van der Waals surface area contributed by atoms with Gasteiger partial charge in [0.05, 0.1) is 17.7 Å². The van der Waals surface area contributed by atoms with E-state index >= 15 is 0 Å². The van der Waals surface area contributed by atoms with Gasteiger partial charge in [-0.3, -0.25) is 4.79 Å². The fraction of sp³-hybridized carbons (Fsp3) is 0.500. The maximum absolute atomic E-state index is 12.5. The summed E-state index contributed by atoms with van der Waals surface area (Å²) >= 11 is 0. The molecule has 1 aromatic carbocycles. The Morgan fingerprint density at radius 2 is 2.00 bits per heavy atom. The quantitative estimate of drug-likeness (QED) is 0.890. The van der Waals surface area contributed by atoms with Gasteiger partial charge in [0.25, 0.3) is 5.91 Å². The zero-order valence-electron chi connectivity index (χ0n) is 11.6. The molecule has 21 heavy (non-hydrogen) atoms. The second kappa shape index (κ2) is 5.65. The molecule has 0 radical (unpaired) electrons. The Labute approximate surface area is 120 Å². The lowest BCUT2D eigenvalue weighted by atomic mass is 10.0. The Bertz CT molecular complexity index is 508. The maximum atomic E-state index is 12.5. The number of likely N-dealkylation sites (N-methyl/N-ethyl adjacent to an activating group) is 1. The molecule has 0 saturated carbocycles. The van der Waals surface area contributed by atoms with Crippen molar-refractivity contribution in [1.82, 2.24) is 10.2 Å². The molecular weight excluding hydrogens is 285 g/mol. The number of halogens is 3. The normalized spacial score (nSPS) is 22.3. The molecule has 2 rings (SSSR count). The van der Waals surface area contributed by atoms with Crippen LogP contribution >= 0.6 is 0 Å². The summed E-state index contributed by atoms with van der Waals surface area (Å²) in [5.74, 6) is -0.413. The van der Waals surface area contributed by atoms with Crippen molar-refractivity contribution >= 4 is 5.91 Å². The van der Waals surface area contributed by atoms with Crippen LogP contribution < -0.4 is 5.32 Å². The third-order valence-corrected chi connectivity index (χ3v) is 3.56. The summed E-state index contributed by atoms with van der Waals surface area (Å²) in [6, 6.07) is 4.07. The van der Waals surface area contributed by atoms with Gasteiger partial charge in [0.2, 0.25) is 0 Å². The van der Waals surface area contributed by atoms with Crippen LogP contribution in [0.25, 0.3) is 0 Å². The van der Waals surface area contributed by atoms with Crippen LogP contribution in [0.3, 0.4) is 0 Å². The van der Waals surface area contributed by atoms with E-state index in [1.165, 1.54) is 11.9 Å². The number of rotatable bonds is 3. The van der Waals surface area contributed by atoms with Gasteiger partial charge in [0, 0.05) is 19.2 Å². The van der Waals surface area contributed by atoms with Crippen molar-refractivity contribution in [2.45, 2.75) is 18.2 Å². The van der Waals surface area contributed by atoms with Crippen LogP contribution in [0.2, 0.25) is 0 Å². The minimum atomic E-state index is -4.42. The molecule has 0 aliphatic carbocycles. The summed E-state index contributed by atoms with van der Waals surface area (Å²) in [6.45, 7) is 1.22. The van der Waals surface area contributed by atoms with E-state index in [9.17, 15) is 23.1 Å². The summed E-state index contributed by atoms with van der Waals surface area (Å²) in [7, 11) is 1.52. The zero-order valence-corrected chi connectivity index (χ0v) is 11.6. The molecule has 1 aliphatic rings. The Morgan fingerprint density at radius 1 is 1.38 bits per heavy atom. The molecule has 1 atom stereocenters. The first-order valence-electron chi connectivity index (χ1n) is 6.57. The highest BCUT2D eigenvalue weighted by atomic mass is 19.4. The third kappa shape index (κ3) is 3.74. The number of carbonyl (C=O) groups is 1. The van der Waals surface area contributed by atoms with Gasteiger partial charge < -0.3 is 15.3 Å². The standard InChI is InChI=1S/C14H17F3N2O2/c1-19(9-13(21)6-7-18-8-13)12(20)10-2-4-11(5-3-10)14(15,16)17/h2-5,18,21H,6-9H2,1H3. The highest BCUT2D eigenvalue weighted by Crippen LogP contribution is 2.29. The monoisotopic (exact) mass is 302 g/mol. The first-order chi connectivity index (χ1) is 9.71. The number of β-amino-alcohol motifs (C(OH)–C–C–N with tert-alkyl or cyclic N) is 1. The van der Waals surface area contributed by atoms with E-state index in [2.05, 4.69) is 5.32 Å². The number of alkyl halides is 3. The van der Waals surface area contributed by atoms with E-state index in [1.54, 1.807) is 0 Å². The van der Waals surface area contributed by atoms with Crippen LogP contribution in [0.1, 0.15) is 22.3 Å². The minimum absolute atomic E-state index is 0.139. The summed E-state index contributed by atoms with van der Waals surface area (Å²) < 4.78 is 37.4.